The Hall–Kier alpha value is -2.16. The van der Waals surface area contributed by atoms with E-state index in [2.05, 4.69) is 20.2 Å². The number of hydrogen-bond donors (Lipinski definition) is 0. The Bertz CT molecular complexity index is 988. The van der Waals surface area contributed by atoms with E-state index in [1.165, 1.54) is 6.07 Å². The quantitative estimate of drug-likeness (QED) is 0.594. The minimum atomic E-state index is -0.624. The van der Waals surface area contributed by atoms with E-state index in [4.69, 9.17) is 9.72 Å². The van der Waals surface area contributed by atoms with Gasteiger partial charge in [-0.25, -0.2) is 13.8 Å². The first kappa shape index (κ1) is 20.1. The predicted octanol–water partition coefficient (Wildman–Crippen LogP) is 4.39. The normalized spacial score (nSPS) is 16.5. The second kappa shape index (κ2) is 8.69. The monoisotopic (exact) mass is 418 g/mol. The van der Waals surface area contributed by atoms with Gasteiger partial charge in [0.15, 0.2) is 5.82 Å². The van der Waals surface area contributed by atoms with Crippen LogP contribution in [0.2, 0.25) is 0 Å². The Morgan fingerprint density at radius 2 is 2.00 bits per heavy atom. The summed E-state index contributed by atoms with van der Waals surface area (Å²) < 4.78 is 33.4. The molecule has 8 heteroatoms. The molecule has 1 fully saturated rings. The largest absolute Gasteiger partial charge is 0.372 e. The Kier molecular flexibility index (Phi) is 6.03. The van der Waals surface area contributed by atoms with Crippen LogP contribution in [0.15, 0.2) is 29.8 Å². The van der Waals surface area contributed by atoms with Crippen molar-refractivity contribution in [2.24, 2.45) is 0 Å². The fourth-order valence-electron chi connectivity index (χ4n) is 3.72. The lowest BCUT2D eigenvalue weighted by atomic mass is 10.1. The lowest BCUT2D eigenvalue weighted by Gasteiger charge is -2.36. The lowest BCUT2D eigenvalue weighted by Crippen LogP contribution is -2.46. The van der Waals surface area contributed by atoms with Crippen LogP contribution in [0.5, 0.6) is 0 Å². The molecule has 1 atom stereocenters. The summed E-state index contributed by atoms with van der Waals surface area (Å²) in [6, 6.07) is 4.08. The zero-order valence-electron chi connectivity index (χ0n) is 16.6. The van der Waals surface area contributed by atoms with Gasteiger partial charge in [-0.2, -0.15) is 0 Å². The molecule has 0 bridgehead atoms. The van der Waals surface area contributed by atoms with Crippen LogP contribution in [0.3, 0.4) is 0 Å². The van der Waals surface area contributed by atoms with Crippen molar-refractivity contribution >= 4 is 27.9 Å². The number of hydrogen-bond acceptors (Lipinski definition) is 6. The molecule has 0 aliphatic carbocycles. The standard InChI is InChI=1S/C21H24F2N4OS/c1-3-28-14(2)21-25-16(13-29-21)12-26-6-8-27(9-7-26)19-4-5-24-20-17(19)10-15(22)11-18(20)23/h4-5,10-11,13-14H,3,6-9,12H2,1-2H3. The van der Waals surface area contributed by atoms with Gasteiger partial charge in [0.25, 0.3) is 0 Å². The summed E-state index contributed by atoms with van der Waals surface area (Å²) >= 11 is 1.64. The predicted molar refractivity (Wildman–Crippen MR) is 111 cm³/mol. The topological polar surface area (TPSA) is 41.5 Å². The maximum Gasteiger partial charge on any atom is 0.152 e. The number of fused-ring (bicyclic) bond motifs is 1. The molecule has 2 aromatic heterocycles. The fraction of sp³-hybridized carbons (Fsp3) is 0.429. The molecule has 0 radical (unpaired) electrons. The highest BCUT2D eigenvalue weighted by Crippen LogP contribution is 2.29. The van der Waals surface area contributed by atoms with Gasteiger partial charge in [0.1, 0.15) is 22.4 Å². The molecule has 5 nitrogen and oxygen atoms in total. The minimum Gasteiger partial charge on any atom is -0.372 e. The van der Waals surface area contributed by atoms with Crippen molar-refractivity contribution in [1.29, 1.82) is 0 Å². The number of thiazole rings is 1. The van der Waals surface area contributed by atoms with E-state index in [9.17, 15) is 8.78 Å². The molecule has 154 valence electrons. The Labute approximate surface area is 172 Å². The molecule has 4 rings (SSSR count). The van der Waals surface area contributed by atoms with Crippen LogP contribution in [0, 0.1) is 11.6 Å². The Morgan fingerprint density at radius 3 is 2.76 bits per heavy atom. The zero-order valence-corrected chi connectivity index (χ0v) is 17.4. The number of pyridine rings is 1. The van der Waals surface area contributed by atoms with Gasteiger partial charge in [-0.05, 0) is 26.0 Å². The third-order valence-electron chi connectivity index (χ3n) is 5.17. The first-order chi connectivity index (χ1) is 14.0. The summed E-state index contributed by atoms with van der Waals surface area (Å²) in [4.78, 5) is 13.3. The third kappa shape index (κ3) is 4.39. The van der Waals surface area contributed by atoms with E-state index < -0.39 is 11.6 Å². The van der Waals surface area contributed by atoms with Crippen LogP contribution in [0.4, 0.5) is 14.5 Å². The zero-order chi connectivity index (χ0) is 20.4. The number of aromatic nitrogens is 2. The summed E-state index contributed by atoms with van der Waals surface area (Å²) in [6.45, 7) is 8.76. The van der Waals surface area contributed by atoms with Crippen molar-refractivity contribution in [3.63, 3.8) is 0 Å². The smallest absolute Gasteiger partial charge is 0.152 e. The highest BCUT2D eigenvalue weighted by Gasteiger charge is 2.21. The van der Waals surface area contributed by atoms with Gasteiger partial charge in [0.05, 0.1) is 5.69 Å². The summed E-state index contributed by atoms with van der Waals surface area (Å²) in [5.41, 5.74) is 2.10. The van der Waals surface area contributed by atoms with Crippen molar-refractivity contribution in [2.75, 3.05) is 37.7 Å². The fourth-order valence-corrected chi connectivity index (χ4v) is 4.53. The molecule has 1 unspecified atom stereocenters. The number of halogens is 2. The van der Waals surface area contributed by atoms with E-state index in [0.717, 1.165) is 55.2 Å². The Morgan fingerprint density at radius 1 is 1.21 bits per heavy atom. The van der Waals surface area contributed by atoms with Crippen LogP contribution >= 0.6 is 11.3 Å². The van der Waals surface area contributed by atoms with E-state index in [1.807, 2.05) is 19.9 Å². The van der Waals surface area contributed by atoms with E-state index >= 15 is 0 Å². The first-order valence-electron chi connectivity index (χ1n) is 9.82. The molecule has 1 saturated heterocycles. The summed E-state index contributed by atoms with van der Waals surface area (Å²) in [5.74, 6) is -1.20. The van der Waals surface area contributed by atoms with Crippen LogP contribution in [0.1, 0.15) is 30.7 Å². The second-order valence-corrected chi connectivity index (χ2v) is 8.04. The van der Waals surface area contributed by atoms with Gasteiger partial charge in [0, 0.05) is 68.0 Å². The summed E-state index contributed by atoms with van der Waals surface area (Å²) in [6.07, 6.45) is 1.61. The van der Waals surface area contributed by atoms with Gasteiger partial charge < -0.3 is 9.64 Å². The lowest BCUT2D eigenvalue weighted by molar-refractivity contribution is 0.0760. The number of rotatable bonds is 6. The van der Waals surface area contributed by atoms with Crippen molar-refractivity contribution in [1.82, 2.24) is 14.9 Å². The minimum absolute atomic E-state index is 0.0244. The molecule has 1 aromatic carbocycles. The van der Waals surface area contributed by atoms with Gasteiger partial charge >= 0.3 is 0 Å². The van der Waals surface area contributed by atoms with Crippen LogP contribution in [-0.2, 0) is 11.3 Å². The van der Waals surface area contributed by atoms with Gasteiger partial charge in [0.2, 0.25) is 0 Å². The van der Waals surface area contributed by atoms with Crippen LogP contribution in [-0.4, -0.2) is 47.7 Å². The van der Waals surface area contributed by atoms with Crippen molar-refractivity contribution < 1.29 is 13.5 Å². The molecule has 0 N–H and O–H groups in total. The molecule has 3 heterocycles. The van der Waals surface area contributed by atoms with Gasteiger partial charge in [-0.3, -0.25) is 9.88 Å². The van der Waals surface area contributed by atoms with Crippen LogP contribution in [0.25, 0.3) is 10.9 Å². The average Bonchev–Trinajstić information content (AvgIpc) is 3.17. The maximum atomic E-state index is 14.1. The molecule has 0 amide bonds. The molecule has 3 aromatic rings. The molecule has 0 spiro atoms. The van der Waals surface area contributed by atoms with E-state index in [1.54, 1.807) is 17.5 Å². The first-order valence-corrected chi connectivity index (χ1v) is 10.7. The SMILES string of the molecule is CCOC(C)c1nc(CN2CCN(c3ccnc4c(F)cc(F)cc34)CC2)cs1. The maximum absolute atomic E-state index is 14.1. The molecular formula is C21H24F2N4OS. The number of piperazine rings is 1. The molecule has 1 aliphatic rings. The average molecular weight is 419 g/mol. The number of nitrogens with zero attached hydrogens (tertiary/aromatic N) is 4. The summed E-state index contributed by atoms with van der Waals surface area (Å²) in [5, 5.41) is 3.62. The number of anilines is 1. The molecular weight excluding hydrogens is 394 g/mol. The number of ether oxygens (including phenoxy) is 1. The van der Waals surface area contributed by atoms with Crippen molar-refractivity contribution in [2.45, 2.75) is 26.5 Å². The molecule has 0 saturated carbocycles. The van der Waals surface area contributed by atoms with Crippen LogP contribution < -0.4 is 4.90 Å². The van der Waals surface area contributed by atoms with Gasteiger partial charge in [-0.1, -0.05) is 0 Å². The van der Waals surface area contributed by atoms with Gasteiger partial charge in [-0.15, -0.1) is 11.3 Å². The molecule has 1 aliphatic heterocycles. The highest BCUT2D eigenvalue weighted by atomic mass is 32.1. The van der Waals surface area contributed by atoms with E-state index in [-0.39, 0.29) is 11.6 Å². The third-order valence-corrected chi connectivity index (χ3v) is 6.23. The van der Waals surface area contributed by atoms with Crippen molar-refractivity contribution in [3.8, 4) is 0 Å². The highest BCUT2D eigenvalue weighted by molar-refractivity contribution is 7.09. The Balaban J connectivity index is 1.42. The molecule has 29 heavy (non-hydrogen) atoms. The van der Waals surface area contributed by atoms with E-state index in [0.29, 0.717) is 12.0 Å². The van der Waals surface area contributed by atoms with Crippen molar-refractivity contribution in [3.05, 3.63) is 52.1 Å². The second-order valence-electron chi connectivity index (χ2n) is 7.15. The number of benzene rings is 1. The summed E-state index contributed by atoms with van der Waals surface area (Å²) in [7, 11) is 0.